The molecule has 24 heavy (non-hydrogen) atoms. The molecule has 0 aliphatic heterocycles. The molecule has 124 valence electrons. The van der Waals surface area contributed by atoms with Gasteiger partial charge < -0.3 is 5.11 Å². The Bertz CT molecular complexity index is 921. The summed E-state index contributed by atoms with van der Waals surface area (Å²) in [6.07, 6.45) is 1.81. The lowest BCUT2D eigenvalue weighted by atomic mass is 10.1. The first-order chi connectivity index (χ1) is 11.4. The minimum atomic E-state index is 0.116. The second kappa shape index (κ2) is 6.24. The SMILES string of the molecule is Cc1cc(C)c(N=Nc2c(C(C)C)nc3c(O)cccn23)c(Cl)c1. The highest BCUT2D eigenvalue weighted by molar-refractivity contribution is 6.33. The lowest BCUT2D eigenvalue weighted by Gasteiger charge is -2.05. The third-order valence-corrected chi connectivity index (χ3v) is 4.11. The summed E-state index contributed by atoms with van der Waals surface area (Å²) >= 11 is 6.30. The van der Waals surface area contributed by atoms with Crippen LogP contribution in [0.3, 0.4) is 0 Å². The van der Waals surface area contributed by atoms with Gasteiger partial charge in [-0.1, -0.05) is 31.5 Å². The van der Waals surface area contributed by atoms with Crippen molar-refractivity contribution in [2.75, 3.05) is 0 Å². The van der Waals surface area contributed by atoms with Crippen molar-refractivity contribution in [1.82, 2.24) is 9.38 Å². The number of aromatic hydroxyl groups is 1. The molecule has 0 bridgehead atoms. The lowest BCUT2D eigenvalue weighted by Crippen LogP contribution is -1.88. The van der Waals surface area contributed by atoms with Crippen LogP contribution in [-0.2, 0) is 0 Å². The molecule has 0 amide bonds. The Morgan fingerprint density at radius 1 is 1.21 bits per heavy atom. The van der Waals surface area contributed by atoms with E-state index in [1.807, 2.05) is 46.0 Å². The first kappa shape index (κ1) is 16.5. The number of hydrogen-bond donors (Lipinski definition) is 1. The summed E-state index contributed by atoms with van der Waals surface area (Å²) in [5.74, 6) is 0.866. The van der Waals surface area contributed by atoms with Crippen LogP contribution in [0.5, 0.6) is 5.75 Å². The molecule has 0 unspecified atom stereocenters. The van der Waals surface area contributed by atoms with Gasteiger partial charge in [-0.05, 0) is 49.1 Å². The van der Waals surface area contributed by atoms with Gasteiger partial charge in [0.15, 0.2) is 17.2 Å². The second-order valence-corrected chi connectivity index (χ2v) is 6.58. The number of nitrogens with zero attached hydrogens (tertiary/aromatic N) is 4. The zero-order valence-electron chi connectivity index (χ0n) is 14.1. The Balaban J connectivity index is 2.17. The molecule has 2 heterocycles. The van der Waals surface area contributed by atoms with Gasteiger partial charge in [-0.15, -0.1) is 10.2 Å². The zero-order valence-corrected chi connectivity index (χ0v) is 14.8. The van der Waals surface area contributed by atoms with Crippen LogP contribution in [0.2, 0.25) is 5.02 Å². The minimum Gasteiger partial charge on any atom is -0.504 e. The first-order valence-corrected chi connectivity index (χ1v) is 8.14. The zero-order chi connectivity index (χ0) is 17.4. The van der Waals surface area contributed by atoms with Crippen LogP contribution in [0.25, 0.3) is 5.65 Å². The van der Waals surface area contributed by atoms with Gasteiger partial charge in [0.25, 0.3) is 0 Å². The number of rotatable bonds is 3. The number of fused-ring (bicyclic) bond motifs is 1. The van der Waals surface area contributed by atoms with Gasteiger partial charge in [0.2, 0.25) is 0 Å². The quantitative estimate of drug-likeness (QED) is 0.607. The highest BCUT2D eigenvalue weighted by Crippen LogP contribution is 2.35. The molecule has 3 aromatic rings. The second-order valence-electron chi connectivity index (χ2n) is 6.17. The summed E-state index contributed by atoms with van der Waals surface area (Å²) in [4.78, 5) is 4.51. The number of halogens is 1. The van der Waals surface area contributed by atoms with Crippen molar-refractivity contribution in [3.63, 3.8) is 0 Å². The molecule has 0 saturated heterocycles. The van der Waals surface area contributed by atoms with Crippen LogP contribution in [-0.4, -0.2) is 14.5 Å². The van der Waals surface area contributed by atoms with Gasteiger partial charge in [0.05, 0.1) is 10.7 Å². The minimum absolute atomic E-state index is 0.116. The van der Waals surface area contributed by atoms with Crippen molar-refractivity contribution in [2.24, 2.45) is 10.2 Å². The summed E-state index contributed by atoms with van der Waals surface area (Å²) < 4.78 is 1.74. The molecule has 0 spiro atoms. The molecule has 3 rings (SSSR count). The lowest BCUT2D eigenvalue weighted by molar-refractivity contribution is 0.477. The highest BCUT2D eigenvalue weighted by atomic mass is 35.5. The van der Waals surface area contributed by atoms with Gasteiger partial charge in [-0.3, -0.25) is 4.40 Å². The van der Waals surface area contributed by atoms with E-state index in [-0.39, 0.29) is 11.7 Å². The molecular formula is C18H19ClN4O. The maximum absolute atomic E-state index is 10.0. The van der Waals surface area contributed by atoms with Crippen LogP contribution in [0, 0.1) is 13.8 Å². The number of benzene rings is 1. The molecule has 5 nitrogen and oxygen atoms in total. The van der Waals surface area contributed by atoms with Gasteiger partial charge in [-0.2, -0.15) is 0 Å². The maximum atomic E-state index is 10.0. The molecule has 1 N–H and O–H groups in total. The van der Waals surface area contributed by atoms with E-state index in [0.29, 0.717) is 22.2 Å². The summed E-state index contributed by atoms with van der Waals surface area (Å²) in [5, 5.41) is 19.4. The predicted molar refractivity (Wildman–Crippen MR) is 96.0 cm³/mol. The molecule has 0 aliphatic rings. The average Bonchev–Trinajstić information content (AvgIpc) is 2.87. The van der Waals surface area contributed by atoms with E-state index in [0.717, 1.165) is 16.8 Å². The smallest absolute Gasteiger partial charge is 0.183 e. The van der Waals surface area contributed by atoms with Gasteiger partial charge in [0, 0.05) is 6.20 Å². The third kappa shape index (κ3) is 2.87. The standard InChI is InChI=1S/C18H19ClN4O/c1-10(2)15-18(23-7-5-6-14(24)17(23)20-15)22-21-16-12(4)8-11(3)9-13(16)19/h5-10,24H,1-4H3. The maximum Gasteiger partial charge on any atom is 0.183 e. The summed E-state index contributed by atoms with van der Waals surface area (Å²) in [6.45, 7) is 8.00. The van der Waals surface area contributed by atoms with Crippen LogP contribution in [0.1, 0.15) is 36.6 Å². The number of pyridine rings is 1. The molecule has 0 fully saturated rings. The van der Waals surface area contributed by atoms with E-state index in [9.17, 15) is 5.11 Å². The molecule has 2 aromatic heterocycles. The number of imidazole rings is 1. The molecule has 0 aliphatic carbocycles. The van der Waals surface area contributed by atoms with E-state index < -0.39 is 0 Å². The molecule has 0 saturated carbocycles. The Morgan fingerprint density at radius 3 is 2.62 bits per heavy atom. The number of azo groups is 1. The topological polar surface area (TPSA) is 62.2 Å². The van der Waals surface area contributed by atoms with E-state index in [4.69, 9.17) is 11.6 Å². The Kier molecular flexibility index (Phi) is 4.28. The van der Waals surface area contributed by atoms with Crippen molar-refractivity contribution in [3.8, 4) is 5.75 Å². The fourth-order valence-electron chi connectivity index (χ4n) is 2.68. The van der Waals surface area contributed by atoms with Crippen LogP contribution in [0.15, 0.2) is 40.7 Å². The predicted octanol–water partition coefficient (Wildman–Crippen LogP) is 5.85. The van der Waals surface area contributed by atoms with Crippen LogP contribution < -0.4 is 0 Å². The monoisotopic (exact) mass is 342 g/mol. The largest absolute Gasteiger partial charge is 0.504 e. The van der Waals surface area contributed by atoms with Crippen LogP contribution >= 0.6 is 11.6 Å². The molecular weight excluding hydrogens is 324 g/mol. The van der Waals surface area contributed by atoms with Gasteiger partial charge >= 0.3 is 0 Å². The Hall–Kier alpha value is -2.40. The van der Waals surface area contributed by atoms with Gasteiger partial charge in [0.1, 0.15) is 5.69 Å². The van der Waals surface area contributed by atoms with E-state index in [1.54, 1.807) is 16.5 Å². The van der Waals surface area contributed by atoms with E-state index >= 15 is 0 Å². The molecule has 1 aromatic carbocycles. The van der Waals surface area contributed by atoms with Crippen molar-refractivity contribution in [1.29, 1.82) is 0 Å². The summed E-state index contributed by atoms with van der Waals surface area (Å²) in [5.41, 5.74) is 3.95. The van der Waals surface area contributed by atoms with Crippen molar-refractivity contribution in [3.05, 3.63) is 52.3 Å². The first-order valence-electron chi connectivity index (χ1n) is 7.77. The molecule has 6 heteroatoms. The fraction of sp³-hybridized carbons (Fsp3) is 0.278. The average molecular weight is 343 g/mol. The van der Waals surface area contributed by atoms with Gasteiger partial charge in [-0.25, -0.2) is 4.98 Å². The van der Waals surface area contributed by atoms with Crippen molar-refractivity contribution < 1.29 is 5.11 Å². The highest BCUT2D eigenvalue weighted by Gasteiger charge is 2.17. The number of hydrogen-bond acceptors (Lipinski definition) is 4. The Labute approximate surface area is 145 Å². The third-order valence-electron chi connectivity index (χ3n) is 3.82. The van der Waals surface area contributed by atoms with E-state index in [2.05, 4.69) is 15.2 Å². The fourth-order valence-corrected chi connectivity index (χ4v) is 3.04. The Morgan fingerprint density at radius 2 is 1.96 bits per heavy atom. The molecule has 0 radical (unpaired) electrons. The number of aromatic nitrogens is 2. The summed E-state index contributed by atoms with van der Waals surface area (Å²) in [6, 6.07) is 7.24. The molecule has 0 atom stereocenters. The number of aryl methyl sites for hydroxylation is 2. The summed E-state index contributed by atoms with van der Waals surface area (Å²) in [7, 11) is 0. The van der Waals surface area contributed by atoms with Crippen LogP contribution in [0.4, 0.5) is 11.5 Å². The van der Waals surface area contributed by atoms with Crippen molar-refractivity contribution >= 4 is 28.8 Å². The van der Waals surface area contributed by atoms with Crippen molar-refractivity contribution in [2.45, 2.75) is 33.6 Å². The normalized spacial score (nSPS) is 11.9. The van der Waals surface area contributed by atoms with E-state index in [1.165, 1.54) is 0 Å².